The zero-order valence-electron chi connectivity index (χ0n) is 60.3. The molecule has 2 heterocycles. The second-order valence-corrected chi connectivity index (χ2v) is 28.5. The molecule has 0 spiro atoms. The van der Waals surface area contributed by atoms with Gasteiger partial charge >= 0.3 is 113 Å². The minimum atomic E-state index is -2.75. The van der Waals surface area contributed by atoms with Crippen molar-refractivity contribution in [2.24, 2.45) is 5.41 Å². The molecule has 2 aromatic rings. The zero-order valence-corrected chi connectivity index (χ0v) is 62.0. The Morgan fingerprint density at radius 3 is 1.34 bits per heavy atom. The number of carboxylic acids is 1. The number of nitriles is 1. The minimum absolute atomic E-state index is 0.243. The van der Waals surface area contributed by atoms with Crippen molar-refractivity contribution < 1.29 is 53.3 Å². The molecule has 1 saturated heterocycles. The van der Waals surface area contributed by atoms with Gasteiger partial charge in [-0.15, -0.1) is 0 Å². The van der Waals surface area contributed by atoms with Crippen LogP contribution in [0.25, 0.3) is 0 Å². The van der Waals surface area contributed by atoms with E-state index in [1.807, 2.05) is 6.07 Å². The van der Waals surface area contributed by atoms with Crippen LogP contribution in [0.15, 0.2) is 34.0 Å². The van der Waals surface area contributed by atoms with Crippen LogP contribution in [0.3, 0.4) is 0 Å². The molecular weight excluding hydrogens is 1250 g/mol. The Morgan fingerprint density at radius 2 is 0.990 bits per heavy atom. The molecule has 5 atom stereocenters. The number of aliphatic hydroxyl groups is 2. The topological polar surface area (TPSA) is 229 Å². The fraction of sp³-hybridized carbons (Fsp3) is 0.821. The molecule has 1 unspecified atom stereocenters. The number of carboxylic acid groups (broad SMARTS) is 1. The molecule has 0 aliphatic carbocycles. The first-order valence-corrected chi connectivity index (χ1v) is 40.6. The summed E-state index contributed by atoms with van der Waals surface area (Å²) in [5.74, 6) is -1.63. The van der Waals surface area contributed by atoms with E-state index in [0.29, 0.717) is 42.6 Å². The van der Waals surface area contributed by atoms with E-state index in [9.17, 15) is 35.0 Å². The van der Waals surface area contributed by atoms with Crippen LogP contribution < -0.4 is 25.5 Å². The van der Waals surface area contributed by atoms with E-state index >= 15 is 4.79 Å². The van der Waals surface area contributed by atoms with Gasteiger partial charge in [-0.1, -0.05) is 232 Å². The van der Waals surface area contributed by atoms with E-state index in [1.54, 1.807) is 12.1 Å². The second-order valence-electron chi connectivity index (χ2n) is 27.4. The molecule has 1 aliphatic rings. The average molecular weight is 1380 g/mol. The van der Waals surface area contributed by atoms with Crippen LogP contribution in [-0.4, -0.2) is 94.8 Å². The van der Waals surface area contributed by atoms with Gasteiger partial charge < -0.3 is 43.7 Å². The number of nitrogens with zero attached hydrogens (tertiary/aromatic N) is 2. The van der Waals surface area contributed by atoms with Gasteiger partial charge in [0.25, 0.3) is 5.56 Å². The molecule has 1 aromatic carbocycles. The molecule has 0 amide bonds. The van der Waals surface area contributed by atoms with Crippen molar-refractivity contribution in [1.82, 2.24) is 9.55 Å². The van der Waals surface area contributed by atoms with Gasteiger partial charge in [0.05, 0.1) is 45.3 Å². The molecule has 16 nitrogen and oxygen atoms in total. The number of carbonyl (C=O) groups is 2. The van der Waals surface area contributed by atoms with Gasteiger partial charge in [0.2, 0.25) is 5.75 Å². The maximum atomic E-state index is 15.1. The third kappa shape index (κ3) is 35.4. The minimum Gasteiger partial charge on any atom is -0.486 e. The molecule has 1 fully saturated rings. The molecule has 96 heavy (non-hydrogen) atoms. The van der Waals surface area contributed by atoms with E-state index in [-0.39, 0.29) is 6.42 Å². The van der Waals surface area contributed by atoms with Crippen LogP contribution in [0.1, 0.15) is 347 Å². The number of hydrogen-bond acceptors (Lipinski definition) is 14. The maximum absolute atomic E-state index is 15.1. The Balaban J connectivity index is 1.90. The van der Waals surface area contributed by atoms with Crippen LogP contribution in [-0.2, 0) is 42.0 Å². The number of aromatic nitrogens is 2. The van der Waals surface area contributed by atoms with Gasteiger partial charge in [-0.3, -0.25) is 23.9 Å². The van der Waals surface area contributed by atoms with Crippen molar-refractivity contribution in [2.75, 3.05) is 40.1 Å². The van der Waals surface area contributed by atoms with Gasteiger partial charge in [-0.25, -0.2) is 4.79 Å². The van der Waals surface area contributed by atoms with Crippen LogP contribution in [0, 0.1) is 22.4 Å². The second kappa shape index (κ2) is 56.7. The predicted molar refractivity (Wildman–Crippen MR) is 392 cm³/mol. The molecule has 1 aliphatic heterocycles. The van der Waals surface area contributed by atoms with Gasteiger partial charge in [0, 0.05) is 19.4 Å². The number of ether oxygens (including phenoxy) is 6. The normalized spacial score (nSPS) is 16.6. The quantitative estimate of drug-likeness (QED) is 0.0274. The standard InChI is InChI=1S/C78H132N3O13PS/c1-4-6-8-10-12-14-16-18-20-24-28-32-36-40-44-48-56-90-67-61-66(63-77(64-71(84)85,75(86)93-59-52-54-79)78(88)69(65-82)94-74(73(78)89-3)81-55-53-70(83)80-76(81)87)62-68(72(67)92-58-50-46-42-38-34-30-25-21-19-17-15-13-11-9-7-5-2)91-57-49-45-41-37-33-29-26-22-23-27-31-35-39-43-47-51-60-95-96/h53,55,61-62,69,73-74,82,88H,4-52,56-59,63-65H2,1-3H3,(H,84,85)(H,80,83,87)/t69-,73+,74-,77?,78-/m1/s1. The number of carbonyl (C=O) groups excluding carboxylic acids is 1. The summed E-state index contributed by atoms with van der Waals surface area (Å²) in [5.41, 5.74) is -3.42. The summed E-state index contributed by atoms with van der Waals surface area (Å²) in [6, 6.07) is 6.41. The molecule has 1 aromatic heterocycles. The summed E-state index contributed by atoms with van der Waals surface area (Å²) in [7, 11) is 1.20. The van der Waals surface area contributed by atoms with Crippen molar-refractivity contribution in [3.63, 3.8) is 0 Å². The number of methoxy groups -OCH3 is 1. The van der Waals surface area contributed by atoms with Gasteiger partial charge in [-0.2, -0.15) is 5.26 Å². The number of aliphatic carboxylic acids is 1. The Kier molecular flexibility index (Phi) is 50.9. The molecule has 4 N–H and O–H groups in total. The molecule has 548 valence electrons. The Labute approximate surface area is 586 Å². The number of H-pyrrole nitrogens is 1. The molecular formula is C78H132N3O13PS. The number of nitrogens with one attached hydrogen (secondary N) is 1. The van der Waals surface area contributed by atoms with Crippen molar-refractivity contribution in [3.8, 4) is 28.9 Å². The summed E-state index contributed by atoms with van der Waals surface area (Å²) in [6.07, 6.45) is 52.7. The summed E-state index contributed by atoms with van der Waals surface area (Å²) in [5, 5.41) is 45.0. The largest absolute Gasteiger partial charge is 0.486 e. The van der Waals surface area contributed by atoms with E-state index in [0.717, 1.165) is 101 Å². The van der Waals surface area contributed by atoms with Gasteiger partial charge in [0.1, 0.15) is 29.8 Å². The first kappa shape index (κ1) is 86.2. The first-order chi connectivity index (χ1) is 47.0. The van der Waals surface area contributed by atoms with Crippen LogP contribution in [0.5, 0.6) is 17.2 Å². The molecule has 3 rings (SSSR count). The monoisotopic (exact) mass is 1380 g/mol. The average Bonchev–Trinajstić information content (AvgIpc) is 1.49. The van der Waals surface area contributed by atoms with Gasteiger partial charge in [0.15, 0.2) is 17.7 Å². The van der Waals surface area contributed by atoms with E-state index in [4.69, 9.17) is 40.2 Å². The third-order valence-electron chi connectivity index (χ3n) is 19.4. The number of hydrogen-bond donors (Lipinski definition) is 4. The number of aliphatic hydroxyl groups excluding tert-OH is 1. The molecule has 0 saturated carbocycles. The van der Waals surface area contributed by atoms with Crippen LogP contribution >= 0.6 is 6.81 Å². The Bertz CT molecular complexity index is 2590. The smallest absolute Gasteiger partial charge is 0.203 e. The van der Waals surface area contributed by atoms with E-state index in [1.165, 1.54) is 238 Å². The summed E-state index contributed by atoms with van der Waals surface area (Å²) in [6.45, 7) is 5.05. The molecule has 0 bridgehead atoms. The Morgan fingerprint density at radius 1 is 0.604 bits per heavy atom. The van der Waals surface area contributed by atoms with Crippen LogP contribution in [0.2, 0.25) is 0 Å². The van der Waals surface area contributed by atoms with E-state index in [2.05, 4.69) is 24.5 Å². The summed E-state index contributed by atoms with van der Waals surface area (Å²) in [4.78, 5) is 56.3. The van der Waals surface area contributed by atoms with Crippen molar-refractivity contribution >= 4 is 30.6 Å². The maximum Gasteiger partial charge on any atom is 0.203 e. The summed E-state index contributed by atoms with van der Waals surface area (Å²) >= 11 is 4.94. The van der Waals surface area contributed by atoms with Crippen LogP contribution in [0.4, 0.5) is 0 Å². The number of rotatable bonds is 65. The number of benzene rings is 1. The molecule has 0 radical (unpaired) electrons. The predicted octanol–water partition coefficient (Wildman–Crippen LogP) is 19.6. The van der Waals surface area contributed by atoms with Crippen molar-refractivity contribution in [1.29, 1.82) is 5.26 Å². The fourth-order valence-electron chi connectivity index (χ4n) is 13.8. The summed E-state index contributed by atoms with van der Waals surface area (Å²) < 4.78 is 39.1. The number of esters is 1. The van der Waals surface area contributed by atoms with Gasteiger partial charge in [-0.05, 0) is 43.4 Å². The number of unbranched alkanes of at least 4 members (excludes halogenated alkanes) is 45. The number of aromatic amines is 1. The van der Waals surface area contributed by atoms with E-state index < -0.39 is 78.7 Å². The fourth-order valence-corrected chi connectivity index (χ4v) is 14.3. The zero-order chi connectivity index (χ0) is 69.4. The third-order valence-corrected chi connectivity index (χ3v) is 20.2. The first-order valence-electron chi connectivity index (χ1n) is 38.7. The van der Waals surface area contributed by atoms with Crippen molar-refractivity contribution in [2.45, 2.75) is 365 Å². The Hall–Kier alpha value is -4.00. The molecule has 18 heteroatoms. The SMILES string of the molecule is CCCCCCCCCCCCCCCCCCOc1cc(CC(CC(=O)O)(C(=O)OCCC#N)[C@@]2(O)[C@@H](CO)O[C@@H](n3ccc(=O)[nH]c3=O)[C@@H]2OC)cc(OCCCCCCCCCCCCCCCCCC#P=S)c1OCCCCCCCCCCCCCCCCCC. The van der Waals surface area contributed by atoms with Crippen molar-refractivity contribution in [3.05, 3.63) is 50.8 Å².